The zero-order valence-corrected chi connectivity index (χ0v) is 19.1. The molecular formula is C24H26ClN3O4. The van der Waals surface area contributed by atoms with E-state index in [1.165, 1.54) is 0 Å². The van der Waals surface area contributed by atoms with Crippen LogP contribution in [0.1, 0.15) is 24.0 Å². The average Bonchev–Trinajstić information content (AvgIpc) is 2.75. The lowest BCUT2D eigenvalue weighted by Gasteiger charge is -2.29. The van der Waals surface area contributed by atoms with Gasteiger partial charge in [0.1, 0.15) is 23.1 Å². The number of likely N-dealkylation sites (tertiary alicyclic amines) is 1. The Kier molecular flexibility index (Phi) is 6.39. The number of halogens is 1. The number of hydrogen-bond donors (Lipinski definition) is 2. The smallest absolute Gasteiger partial charge is 0.360 e. The number of carbonyl (C=O) groups excluding carboxylic acids is 1. The van der Waals surface area contributed by atoms with Gasteiger partial charge in [0.25, 0.3) is 0 Å². The number of fused-ring (bicyclic) bond motifs is 1. The van der Waals surface area contributed by atoms with Gasteiger partial charge in [0, 0.05) is 34.7 Å². The maximum Gasteiger partial charge on any atom is 0.360 e. The van der Waals surface area contributed by atoms with Crippen LogP contribution < -0.4 is 21.0 Å². The van der Waals surface area contributed by atoms with Crippen LogP contribution in [0, 0.1) is 13.8 Å². The molecule has 0 saturated carbocycles. The van der Waals surface area contributed by atoms with E-state index in [2.05, 4.69) is 22.6 Å². The van der Waals surface area contributed by atoms with Crippen molar-refractivity contribution in [3.05, 3.63) is 63.0 Å². The molecule has 3 aromatic rings. The number of carbonyl (C=O) groups is 1. The van der Waals surface area contributed by atoms with Crippen molar-refractivity contribution in [2.75, 3.05) is 30.8 Å². The first-order valence-electron chi connectivity index (χ1n) is 10.6. The Hall–Kier alpha value is -3.03. The van der Waals surface area contributed by atoms with E-state index >= 15 is 0 Å². The molecule has 2 amide bonds. The molecule has 7 nitrogen and oxygen atoms in total. The zero-order valence-electron chi connectivity index (χ0n) is 18.3. The minimum Gasteiger partial charge on any atom is -0.490 e. The lowest BCUT2D eigenvalue weighted by Crippen LogP contribution is -2.35. The van der Waals surface area contributed by atoms with Gasteiger partial charge in [-0.15, -0.1) is 0 Å². The number of amides is 2. The molecule has 32 heavy (non-hydrogen) atoms. The standard InChI is InChI=1S/C24H26ClN3O4/c1-14-4-6-17(13-19(14)25)26-24(30)27-20-12-16-5-7-21(15(2)22(16)32-23(20)29)31-18-8-10-28(3)11-9-18/h4-7,12-13,18H,8-11H2,1-3H3,(H2,26,27,30). The number of urea groups is 1. The summed E-state index contributed by atoms with van der Waals surface area (Å²) in [4.78, 5) is 27.2. The molecular weight excluding hydrogens is 430 g/mol. The molecule has 0 radical (unpaired) electrons. The maximum absolute atomic E-state index is 12.5. The number of benzene rings is 2. The highest BCUT2D eigenvalue weighted by Crippen LogP contribution is 2.30. The van der Waals surface area contributed by atoms with E-state index in [-0.39, 0.29) is 11.8 Å². The van der Waals surface area contributed by atoms with Gasteiger partial charge in [-0.05, 0) is 69.6 Å². The summed E-state index contributed by atoms with van der Waals surface area (Å²) < 4.78 is 11.7. The highest BCUT2D eigenvalue weighted by molar-refractivity contribution is 6.31. The highest BCUT2D eigenvalue weighted by Gasteiger charge is 2.20. The summed E-state index contributed by atoms with van der Waals surface area (Å²) in [5, 5.41) is 6.46. The fourth-order valence-corrected chi connectivity index (χ4v) is 3.94. The number of nitrogens with one attached hydrogen (secondary N) is 2. The molecule has 1 aromatic heterocycles. The lowest BCUT2D eigenvalue weighted by atomic mass is 10.1. The van der Waals surface area contributed by atoms with Gasteiger partial charge in [0.15, 0.2) is 0 Å². The fraction of sp³-hybridized carbons (Fsp3) is 0.333. The van der Waals surface area contributed by atoms with Crippen LogP contribution >= 0.6 is 11.6 Å². The van der Waals surface area contributed by atoms with Crippen molar-refractivity contribution < 1.29 is 13.9 Å². The van der Waals surface area contributed by atoms with E-state index in [9.17, 15) is 9.59 Å². The zero-order chi connectivity index (χ0) is 22.8. The molecule has 0 unspecified atom stereocenters. The predicted octanol–water partition coefficient (Wildman–Crippen LogP) is 5.18. The summed E-state index contributed by atoms with van der Waals surface area (Å²) in [5.41, 5.74) is 2.07. The van der Waals surface area contributed by atoms with E-state index in [1.54, 1.807) is 24.3 Å². The summed E-state index contributed by atoms with van der Waals surface area (Å²) in [6, 6.07) is 9.95. The number of piperidine rings is 1. The summed E-state index contributed by atoms with van der Waals surface area (Å²) in [5.74, 6) is 0.713. The maximum atomic E-state index is 12.5. The largest absolute Gasteiger partial charge is 0.490 e. The molecule has 1 fully saturated rings. The third-order valence-electron chi connectivity index (χ3n) is 5.74. The minimum atomic E-state index is -0.630. The van der Waals surface area contributed by atoms with Gasteiger partial charge in [-0.1, -0.05) is 17.7 Å². The van der Waals surface area contributed by atoms with Gasteiger partial charge in [0.2, 0.25) is 0 Å². The van der Waals surface area contributed by atoms with Gasteiger partial charge in [-0.2, -0.15) is 0 Å². The molecule has 168 valence electrons. The second-order valence-corrected chi connectivity index (χ2v) is 8.63. The number of hydrogen-bond acceptors (Lipinski definition) is 5. The molecule has 4 rings (SSSR count). The molecule has 0 bridgehead atoms. The Labute approximate surface area is 191 Å². The minimum absolute atomic E-state index is 0.0524. The van der Waals surface area contributed by atoms with Crippen molar-refractivity contribution in [2.24, 2.45) is 0 Å². The molecule has 0 aliphatic carbocycles. The predicted molar refractivity (Wildman–Crippen MR) is 127 cm³/mol. The van der Waals surface area contributed by atoms with Crippen LogP contribution in [-0.2, 0) is 0 Å². The Balaban J connectivity index is 1.51. The third-order valence-corrected chi connectivity index (χ3v) is 6.15. The van der Waals surface area contributed by atoms with Crippen molar-refractivity contribution >= 4 is 40.0 Å². The quantitative estimate of drug-likeness (QED) is 0.529. The number of nitrogens with zero attached hydrogens (tertiary/aromatic N) is 1. The fourth-order valence-electron chi connectivity index (χ4n) is 3.76. The first-order valence-corrected chi connectivity index (χ1v) is 10.9. The van der Waals surface area contributed by atoms with Crippen molar-refractivity contribution in [3.63, 3.8) is 0 Å². The van der Waals surface area contributed by atoms with Gasteiger partial charge >= 0.3 is 11.7 Å². The SMILES string of the molecule is Cc1ccc(NC(=O)Nc2cc3ccc(OC4CCN(C)CC4)c(C)c3oc2=O)cc1Cl. The third kappa shape index (κ3) is 4.89. The van der Waals surface area contributed by atoms with Crippen LogP contribution in [0.4, 0.5) is 16.2 Å². The summed E-state index contributed by atoms with van der Waals surface area (Å²) in [6.07, 6.45) is 2.07. The molecule has 2 N–H and O–H groups in total. The first kappa shape index (κ1) is 22.2. The van der Waals surface area contributed by atoms with E-state index < -0.39 is 11.7 Å². The van der Waals surface area contributed by atoms with Crippen molar-refractivity contribution in [3.8, 4) is 5.75 Å². The van der Waals surface area contributed by atoms with Crippen LogP contribution in [0.25, 0.3) is 11.0 Å². The van der Waals surface area contributed by atoms with Crippen molar-refractivity contribution in [2.45, 2.75) is 32.8 Å². The molecule has 8 heteroatoms. The van der Waals surface area contributed by atoms with Crippen LogP contribution in [0.2, 0.25) is 5.02 Å². The summed E-state index contributed by atoms with van der Waals surface area (Å²) in [7, 11) is 2.11. The number of anilines is 2. The molecule has 0 spiro atoms. The Bertz CT molecular complexity index is 1220. The van der Waals surface area contributed by atoms with Gasteiger partial charge < -0.3 is 24.7 Å². The van der Waals surface area contributed by atoms with Crippen molar-refractivity contribution in [1.82, 2.24) is 4.90 Å². The number of rotatable bonds is 4. The molecule has 0 atom stereocenters. The van der Waals surface area contributed by atoms with E-state index in [4.69, 9.17) is 20.8 Å². The molecule has 2 aromatic carbocycles. The van der Waals surface area contributed by atoms with E-state index in [1.807, 2.05) is 26.0 Å². The lowest BCUT2D eigenvalue weighted by molar-refractivity contribution is 0.113. The van der Waals surface area contributed by atoms with Crippen LogP contribution in [-0.4, -0.2) is 37.2 Å². The molecule has 1 saturated heterocycles. The van der Waals surface area contributed by atoms with Crippen LogP contribution in [0.5, 0.6) is 5.75 Å². The highest BCUT2D eigenvalue weighted by atomic mass is 35.5. The van der Waals surface area contributed by atoms with E-state index in [0.717, 1.165) is 37.1 Å². The molecule has 1 aliphatic rings. The second-order valence-electron chi connectivity index (χ2n) is 8.22. The Morgan fingerprint density at radius 2 is 1.88 bits per heavy atom. The summed E-state index contributed by atoms with van der Waals surface area (Å²) >= 11 is 6.09. The Morgan fingerprint density at radius 3 is 2.59 bits per heavy atom. The number of ether oxygens (including phenoxy) is 1. The average molecular weight is 456 g/mol. The number of aryl methyl sites for hydroxylation is 2. The van der Waals surface area contributed by atoms with Gasteiger partial charge in [-0.3, -0.25) is 0 Å². The monoisotopic (exact) mass is 455 g/mol. The first-order chi connectivity index (χ1) is 15.3. The second kappa shape index (κ2) is 9.22. The van der Waals surface area contributed by atoms with Crippen LogP contribution in [0.15, 0.2) is 45.6 Å². The topological polar surface area (TPSA) is 83.8 Å². The van der Waals surface area contributed by atoms with Crippen LogP contribution in [0.3, 0.4) is 0 Å². The van der Waals surface area contributed by atoms with Gasteiger partial charge in [0.05, 0.1) is 0 Å². The summed E-state index contributed by atoms with van der Waals surface area (Å²) in [6.45, 7) is 5.74. The van der Waals surface area contributed by atoms with Gasteiger partial charge in [-0.25, -0.2) is 9.59 Å². The van der Waals surface area contributed by atoms with Crippen molar-refractivity contribution in [1.29, 1.82) is 0 Å². The normalized spacial score (nSPS) is 15.0. The molecule has 2 heterocycles. The van der Waals surface area contributed by atoms with E-state index in [0.29, 0.717) is 27.4 Å². The Morgan fingerprint density at radius 1 is 1.12 bits per heavy atom. The molecule has 1 aliphatic heterocycles.